The molecule has 122 valence electrons. The van der Waals surface area contributed by atoms with Gasteiger partial charge in [-0.1, -0.05) is 24.3 Å². The fraction of sp³-hybridized carbons (Fsp3) is 0.125. The molecular weight excluding hydrogens is 336 g/mol. The van der Waals surface area contributed by atoms with Gasteiger partial charge in [-0.15, -0.1) is 0 Å². The summed E-state index contributed by atoms with van der Waals surface area (Å²) in [6, 6.07) is 12.8. The first-order chi connectivity index (χ1) is 10.6. The summed E-state index contributed by atoms with van der Waals surface area (Å²) in [5.74, 6) is 0.0694. The van der Waals surface area contributed by atoms with Gasteiger partial charge in [-0.05, 0) is 24.3 Å². The third kappa shape index (κ3) is 10.4. The van der Waals surface area contributed by atoms with Crippen LogP contribution in [0.1, 0.15) is 20.7 Å². The first kappa shape index (κ1) is 23.3. The van der Waals surface area contributed by atoms with Crippen molar-refractivity contribution in [3.63, 3.8) is 0 Å². The fourth-order valence-electron chi connectivity index (χ4n) is 1.17. The maximum absolute atomic E-state index is 10.1. The van der Waals surface area contributed by atoms with Crippen LogP contribution in [0.4, 0.5) is 0 Å². The molecular formula is C16H18O6Ti. The van der Waals surface area contributed by atoms with Crippen molar-refractivity contribution < 1.29 is 51.7 Å². The first-order valence-corrected chi connectivity index (χ1v) is 6.28. The summed E-state index contributed by atoms with van der Waals surface area (Å²) >= 11 is 0. The number of para-hydroxylation sites is 2. The van der Waals surface area contributed by atoms with Crippen LogP contribution in [0.15, 0.2) is 48.5 Å². The summed E-state index contributed by atoms with van der Waals surface area (Å²) in [7, 11) is 0. The molecule has 0 aliphatic rings. The second-order valence-corrected chi connectivity index (χ2v) is 3.80. The van der Waals surface area contributed by atoms with Crippen LogP contribution in [0.25, 0.3) is 0 Å². The van der Waals surface area contributed by atoms with Gasteiger partial charge in [-0.3, -0.25) is 9.59 Å². The molecule has 2 rings (SSSR count). The minimum atomic E-state index is -0.125. The molecule has 0 saturated heterocycles. The quantitative estimate of drug-likeness (QED) is 0.489. The third-order valence-electron chi connectivity index (χ3n) is 2.23. The molecule has 2 aromatic carbocycles. The van der Waals surface area contributed by atoms with Gasteiger partial charge in [-0.2, -0.15) is 0 Å². The van der Waals surface area contributed by atoms with Crippen molar-refractivity contribution in [1.29, 1.82) is 0 Å². The largest absolute Gasteiger partial charge is 0.507 e. The second-order valence-electron chi connectivity index (χ2n) is 3.80. The fourth-order valence-corrected chi connectivity index (χ4v) is 1.17. The molecule has 23 heavy (non-hydrogen) atoms. The Morgan fingerprint density at radius 3 is 1.17 bits per heavy atom. The Labute approximate surface area is 148 Å². The summed E-state index contributed by atoms with van der Waals surface area (Å²) in [6.45, 7) is -0.250. The Morgan fingerprint density at radius 2 is 1.00 bits per heavy atom. The number of benzene rings is 2. The molecule has 0 aromatic heterocycles. The van der Waals surface area contributed by atoms with Crippen molar-refractivity contribution in [3.05, 3.63) is 59.7 Å². The van der Waals surface area contributed by atoms with Crippen LogP contribution in [0.3, 0.4) is 0 Å². The zero-order chi connectivity index (χ0) is 16.8. The zero-order valence-electron chi connectivity index (χ0n) is 12.3. The van der Waals surface area contributed by atoms with Gasteiger partial charge in [0.05, 0.1) is 24.3 Å². The average molecular weight is 354 g/mol. The van der Waals surface area contributed by atoms with E-state index in [0.717, 1.165) is 0 Å². The molecule has 0 radical (unpaired) electrons. The summed E-state index contributed by atoms with van der Waals surface area (Å²) in [5.41, 5.74) is 0.662. The number of aromatic hydroxyl groups is 2. The van der Waals surface area contributed by atoms with Gasteiger partial charge in [0.25, 0.3) is 0 Å². The van der Waals surface area contributed by atoms with Gasteiger partial charge in [0.1, 0.15) is 11.5 Å². The summed E-state index contributed by atoms with van der Waals surface area (Å²) < 4.78 is 0. The standard InChI is InChI=1S/2C7H6O2.C2H6O2.Ti/c2*8-5-6-3-1-2-4-7(6)9;3-1-2-4;/h2*1-5,9H;3-4H,1-2H2;. The van der Waals surface area contributed by atoms with E-state index < -0.39 is 0 Å². The van der Waals surface area contributed by atoms with Gasteiger partial charge in [-0.25, -0.2) is 0 Å². The van der Waals surface area contributed by atoms with Crippen molar-refractivity contribution in [1.82, 2.24) is 0 Å². The minimum absolute atomic E-state index is 0. The number of hydrogen-bond donors (Lipinski definition) is 4. The summed E-state index contributed by atoms with van der Waals surface area (Å²) in [4.78, 5) is 20.1. The molecule has 0 atom stereocenters. The van der Waals surface area contributed by atoms with Crippen LogP contribution >= 0.6 is 0 Å². The Balaban J connectivity index is 0. The summed E-state index contributed by atoms with van der Waals surface area (Å²) in [6.07, 6.45) is 1.24. The van der Waals surface area contributed by atoms with Crippen LogP contribution < -0.4 is 0 Å². The molecule has 0 unspecified atom stereocenters. The minimum Gasteiger partial charge on any atom is -0.507 e. The SMILES string of the molecule is O=Cc1ccccc1O.O=Cc1ccccc1O.OCCO.[Ti]. The van der Waals surface area contributed by atoms with E-state index in [4.69, 9.17) is 20.4 Å². The molecule has 0 saturated carbocycles. The Kier molecular flexibility index (Phi) is 15.1. The monoisotopic (exact) mass is 354 g/mol. The Bertz CT molecular complexity index is 523. The molecule has 0 fully saturated rings. The maximum atomic E-state index is 10.1. The molecule has 0 amide bonds. The summed E-state index contributed by atoms with van der Waals surface area (Å²) in [5, 5.41) is 33.0. The van der Waals surface area contributed by atoms with Gasteiger partial charge in [0, 0.05) is 21.7 Å². The molecule has 0 bridgehead atoms. The number of hydrogen-bond acceptors (Lipinski definition) is 6. The molecule has 4 N–H and O–H groups in total. The number of phenols is 2. The van der Waals surface area contributed by atoms with E-state index in [9.17, 15) is 9.59 Å². The second kappa shape index (κ2) is 14.9. The van der Waals surface area contributed by atoms with Gasteiger partial charge >= 0.3 is 0 Å². The molecule has 6 nitrogen and oxygen atoms in total. The van der Waals surface area contributed by atoms with Gasteiger partial charge < -0.3 is 20.4 Å². The zero-order valence-corrected chi connectivity index (χ0v) is 13.9. The van der Waals surface area contributed by atoms with Crippen LogP contribution in [0.5, 0.6) is 11.5 Å². The number of phenolic OH excluding ortho intramolecular Hbond substituents is 2. The van der Waals surface area contributed by atoms with Gasteiger partial charge in [0.15, 0.2) is 12.6 Å². The number of aldehydes is 2. The predicted molar refractivity (Wildman–Crippen MR) is 81.2 cm³/mol. The molecule has 0 aliphatic carbocycles. The number of rotatable bonds is 3. The smallest absolute Gasteiger partial charge is 0.153 e. The van der Waals surface area contributed by atoms with E-state index in [2.05, 4.69) is 0 Å². The van der Waals surface area contributed by atoms with Crippen molar-refractivity contribution in [2.75, 3.05) is 13.2 Å². The molecule has 0 spiro atoms. The number of carbonyl (C=O) groups excluding carboxylic acids is 2. The van der Waals surface area contributed by atoms with E-state index in [1.54, 1.807) is 36.4 Å². The predicted octanol–water partition coefficient (Wildman–Crippen LogP) is 1.38. The maximum Gasteiger partial charge on any atom is 0.153 e. The van der Waals surface area contributed by atoms with E-state index in [-0.39, 0.29) is 46.4 Å². The number of carbonyl (C=O) groups is 2. The van der Waals surface area contributed by atoms with Gasteiger partial charge in [0.2, 0.25) is 0 Å². The Morgan fingerprint density at radius 1 is 0.696 bits per heavy atom. The van der Waals surface area contributed by atoms with Crippen LogP contribution in [-0.4, -0.2) is 46.2 Å². The van der Waals surface area contributed by atoms with E-state index in [1.165, 1.54) is 12.1 Å². The third-order valence-corrected chi connectivity index (χ3v) is 2.23. The van der Waals surface area contributed by atoms with Crippen molar-refractivity contribution in [2.45, 2.75) is 0 Å². The molecule has 7 heteroatoms. The normalized spacial score (nSPS) is 8.26. The van der Waals surface area contributed by atoms with Crippen LogP contribution in [-0.2, 0) is 21.7 Å². The molecule has 2 aromatic rings. The average Bonchev–Trinajstić information content (AvgIpc) is 2.56. The van der Waals surface area contributed by atoms with Crippen molar-refractivity contribution in [3.8, 4) is 11.5 Å². The van der Waals surface area contributed by atoms with E-state index in [1.807, 2.05) is 0 Å². The Hall–Kier alpha value is -1.99. The van der Waals surface area contributed by atoms with Crippen molar-refractivity contribution >= 4 is 12.6 Å². The van der Waals surface area contributed by atoms with E-state index >= 15 is 0 Å². The van der Waals surface area contributed by atoms with Crippen LogP contribution in [0.2, 0.25) is 0 Å². The van der Waals surface area contributed by atoms with E-state index in [0.29, 0.717) is 23.7 Å². The number of aliphatic hydroxyl groups is 2. The molecule has 0 aliphatic heterocycles. The first-order valence-electron chi connectivity index (χ1n) is 6.28. The van der Waals surface area contributed by atoms with Crippen LogP contribution in [0, 0.1) is 0 Å². The number of aliphatic hydroxyl groups excluding tert-OH is 2. The topological polar surface area (TPSA) is 115 Å². The molecule has 0 heterocycles. The van der Waals surface area contributed by atoms with Crippen molar-refractivity contribution in [2.24, 2.45) is 0 Å².